The van der Waals surface area contributed by atoms with Crippen molar-refractivity contribution in [1.29, 1.82) is 0 Å². The monoisotopic (exact) mass is 741 g/mol. The van der Waals surface area contributed by atoms with Gasteiger partial charge in [0.25, 0.3) is 0 Å². The summed E-state index contributed by atoms with van der Waals surface area (Å²) >= 11 is 0. The van der Waals surface area contributed by atoms with Crippen LogP contribution >= 0.6 is 0 Å². The highest BCUT2D eigenvalue weighted by molar-refractivity contribution is 6.20. The minimum absolute atomic E-state index is 0.599. The third kappa shape index (κ3) is 5.07. The molecule has 0 atom stereocenters. The molecule has 0 aliphatic heterocycles. The maximum Gasteiger partial charge on any atom is 0.164 e. The molecular weight excluding hydrogens is 711 g/mol. The van der Waals surface area contributed by atoms with E-state index in [0.717, 1.165) is 88.2 Å². The molecule has 12 aromatic rings. The van der Waals surface area contributed by atoms with Gasteiger partial charge in [-0.2, -0.15) is 0 Å². The topological polar surface area (TPSA) is 65.0 Å². The first kappa shape index (κ1) is 32.4. The maximum atomic E-state index is 6.83. The van der Waals surface area contributed by atoms with E-state index in [9.17, 15) is 0 Å². The number of furan rings is 2. The minimum atomic E-state index is 0.599. The van der Waals surface area contributed by atoms with Gasteiger partial charge < -0.3 is 8.83 Å². The van der Waals surface area contributed by atoms with E-state index in [1.807, 2.05) is 54.6 Å². The number of nitrogens with zero attached hydrogens (tertiary/aromatic N) is 3. The van der Waals surface area contributed by atoms with E-state index in [1.165, 1.54) is 16.2 Å². The summed E-state index contributed by atoms with van der Waals surface area (Å²) in [5.41, 5.74) is 10.2. The number of rotatable bonds is 5. The van der Waals surface area contributed by atoms with Crippen LogP contribution in [0.2, 0.25) is 0 Å². The summed E-state index contributed by atoms with van der Waals surface area (Å²) in [6, 6.07) is 65.0. The lowest BCUT2D eigenvalue weighted by Crippen LogP contribution is -2.01. The fraction of sp³-hybridized carbons (Fsp3) is 0. The molecule has 0 spiro atoms. The Balaban J connectivity index is 1.05. The fourth-order valence-corrected chi connectivity index (χ4v) is 8.69. The Bertz CT molecular complexity index is 3580. The van der Waals surface area contributed by atoms with E-state index in [0.29, 0.717) is 17.5 Å². The van der Waals surface area contributed by atoms with Gasteiger partial charge in [-0.25, -0.2) is 15.0 Å². The molecule has 5 nitrogen and oxygen atoms in total. The third-order valence-corrected chi connectivity index (χ3v) is 11.3. The van der Waals surface area contributed by atoms with Crippen LogP contribution in [0.25, 0.3) is 122 Å². The molecule has 0 unspecified atom stereocenters. The fourth-order valence-electron chi connectivity index (χ4n) is 8.69. The van der Waals surface area contributed by atoms with Gasteiger partial charge in [-0.05, 0) is 62.5 Å². The molecule has 0 saturated heterocycles. The summed E-state index contributed by atoms with van der Waals surface area (Å²) in [5.74, 6) is 1.83. The smallest absolute Gasteiger partial charge is 0.164 e. The van der Waals surface area contributed by atoms with Crippen LogP contribution in [0.15, 0.2) is 197 Å². The lowest BCUT2D eigenvalue weighted by atomic mass is 9.93. The SMILES string of the molecule is c1ccc(-c2nc(-c3ccc4c(ccc5ccccc54)c3)nc(-c3ccccc3-c3cccc4oc5c(-c6cccc7oc8ccccc8c67)cccc5c34)n2)cc1. The van der Waals surface area contributed by atoms with E-state index in [2.05, 4.69) is 133 Å². The predicted octanol–water partition coefficient (Wildman–Crippen LogP) is 14.3. The summed E-state index contributed by atoms with van der Waals surface area (Å²) < 4.78 is 13.1. The van der Waals surface area contributed by atoms with Crippen LogP contribution in [0, 0.1) is 0 Å². The molecular formula is C53H31N3O2. The van der Waals surface area contributed by atoms with Crippen LogP contribution in [0.4, 0.5) is 0 Å². The van der Waals surface area contributed by atoms with Gasteiger partial charge in [0.2, 0.25) is 0 Å². The highest BCUT2D eigenvalue weighted by Gasteiger charge is 2.22. The molecule has 0 bridgehead atoms. The Morgan fingerprint density at radius 1 is 0.293 bits per heavy atom. The van der Waals surface area contributed by atoms with E-state index in [4.69, 9.17) is 23.8 Å². The molecule has 0 aliphatic rings. The van der Waals surface area contributed by atoms with Gasteiger partial charge in [0.05, 0.1) is 0 Å². The minimum Gasteiger partial charge on any atom is -0.456 e. The van der Waals surface area contributed by atoms with E-state index in [-0.39, 0.29) is 0 Å². The molecule has 3 heterocycles. The Morgan fingerprint density at radius 2 is 0.845 bits per heavy atom. The standard InChI is InChI=1S/C53H31N3O2/c1-2-14-33(15-3-1)51-54-52(35-29-30-37-34(31-35)28-27-32-13-4-5-16-36(32)37)56-53(55-51)42-18-7-6-17-38(42)39-20-11-26-47-49(39)44-23-10-22-41(50(44)58-47)40-21-12-25-46-48(40)43-19-8-9-24-45(43)57-46/h1-31H. The Labute approximate surface area is 332 Å². The molecule has 0 N–H and O–H groups in total. The predicted molar refractivity (Wildman–Crippen MR) is 237 cm³/mol. The number of hydrogen-bond donors (Lipinski definition) is 0. The second kappa shape index (κ2) is 12.8. The maximum absolute atomic E-state index is 6.83. The van der Waals surface area contributed by atoms with Crippen LogP contribution in [-0.2, 0) is 0 Å². The second-order valence-corrected chi connectivity index (χ2v) is 14.7. The Morgan fingerprint density at radius 3 is 1.71 bits per heavy atom. The summed E-state index contributed by atoms with van der Waals surface area (Å²) in [4.78, 5) is 15.5. The highest BCUT2D eigenvalue weighted by atomic mass is 16.3. The van der Waals surface area contributed by atoms with Gasteiger partial charge in [0.15, 0.2) is 17.5 Å². The summed E-state index contributed by atoms with van der Waals surface area (Å²) in [6.07, 6.45) is 0. The van der Waals surface area contributed by atoms with Crippen LogP contribution < -0.4 is 0 Å². The van der Waals surface area contributed by atoms with Crippen molar-refractivity contribution in [2.75, 3.05) is 0 Å². The summed E-state index contributed by atoms with van der Waals surface area (Å²) in [6.45, 7) is 0. The van der Waals surface area contributed by atoms with Gasteiger partial charge in [0.1, 0.15) is 22.3 Å². The average molecular weight is 742 g/mol. The van der Waals surface area contributed by atoms with Crippen molar-refractivity contribution in [3.8, 4) is 56.4 Å². The first-order chi connectivity index (χ1) is 28.7. The van der Waals surface area contributed by atoms with Crippen molar-refractivity contribution in [2.45, 2.75) is 0 Å². The van der Waals surface area contributed by atoms with Crippen LogP contribution in [-0.4, -0.2) is 15.0 Å². The molecule has 5 heteroatoms. The second-order valence-electron chi connectivity index (χ2n) is 14.7. The summed E-state index contributed by atoms with van der Waals surface area (Å²) in [7, 11) is 0. The molecule has 0 radical (unpaired) electrons. The molecule has 9 aromatic carbocycles. The van der Waals surface area contributed by atoms with E-state index in [1.54, 1.807) is 0 Å². The van der Waals surface area contributed by atoms with Gasteiger partial charge in [0, 0.05) is 43.8 Å². The van der Waals surface area contributed by atoms with Crippen molar-refractivity contribution < 1.29 is 8.83 Å². The Hall–Kier alpha value is -7.89. The quantitative estimate of drug-likeness (QED) is 0.164. The van der Waals surface area contributed by atoms with Crippen LogP contribution in [0.5, 0.6) is 0 Å². The number of benzene rings is 9. The molecule has 3 aromatic heterocycles. The first-order valence-electron chi connectivity index (χ1n) is 19.4. The van der Waals surface area contributed by atoms with Crippen molar-refractivity contribution in [3.05, 3.63) is 188 Å². The molecule has 0 saturated carbocycles. The lowest BCUT2D eigenvalue weighted by molar-refractivity contribution is 0.668. The number of fused-ring (bicyclic) bond motifs is 9. The average Bonchev–Trinajstić information content (AvgIpc) is 3.88. The molecule has 0 fully saturated rings. The number of para-hydroxylation sites is 2. The van der Waals surface area contributed by atoms with Crippen molar-refractivity contribution in [2.24, 2.45) is 0 Å². The molecule has 58 heavy (non-hydrogen) atoms. The Kier molecular flexibility index (Phi) is 7.16. The third-order valence-electron chi connectivity index (χ3n) is 11.3. The largest absolute Gasteiger partial charge is 0.456 e. The zero-order chi connectivity index (χ0) is 38.2. The zero-order valence-electron chi connectivity index (χ0n) is 31.1. The number of aromatic nitrogens is 3. The highest BCUT2D eigenvalue weighted by Crippen LogP contribution is 2.45. The van der Waals surface area contributed by atoms with Gasteiger partial charge in [-0.15, -0.1) is 0 Å². The van der Waals surface area contributed by atoms with Crippen LogP contribution in [0.1, 0.15) is 0 Å². The zero-order valence-corrected chi connectivity index (χ0v) is 31.1. The molecule has 270 valence electrons. The normalized spacial score (nSPS) is 11.8. The van der Waals surface area contributed by atoms with E-state index >= 15 is 0 Å². The summed E-state index contributed by atoms with van der Waals surface area (Å²) in [5, 5.41) is 9.01. The molecule has 0 aliphatic carbocycles. The van der Waals surface area contributed by atoms with Gasteiger partial charge in [-0.1, -0.05) is 164 Å². The van der Waals surface area contributed by atoms with Crippen molar-refractivity contribution in [3.63, 3.8) is 0 Å². The van der Waals surface area contributed by atoms with E-state index < -0.39 is 0 Å². The van der Waals surface area contributed by atoms with Gasteiger partial charge in [-0.3, -0.25) is 0 Å². The van der Waals surface area contributed by atoms with Crippen molar-refractivity contribution >= 4 is 65.4 Å². The lowest BCUT2D eigenvalue weighted by Gasteiger charge is -2.13. The molecule has 12 rings (SSSR count). The first-order valence-corrected chi connectivity index (χ1v) is 19.4. The van der Waals surface area contributed by atoms with Crippen molar-refractivity contribution in [1.82, 2.24) is 15.0 Å². The van der Waals surface area contributed by atoms with Gasteiger partial charge >= 0.3 is 0 Å². The molecule has 0 amide bonds. The van der Waals surface area contributed by atoms with Crippen LogP contribution in [0.3, 0.4) is 0 Å². The number of hydrogen-bond acceptors (Lipinski definition) is 5.